The van der Waals surface area contributed by atoms with Crippen molar-refractivity contribution in [3.05, 3.63) is 26.6 Å². The van der Waals surface area contributed by atoms with E-state index in [1.807, 2.05) is 12.1 Å². The quantitative estimate of drug-likeness (QED) is 0.588. The summed E-state index contributed by atoms with van der Waals surface area (Å²) in [6.07, 6.45) is 4.92. The first-order valence-electron chi connectivity index (χ1n) is 4.74. The average molecular weight is 333 g/mol. The molecule has 4 heteroatoms. The van der Waals surface area contributed by atoms with Crippen LogP contribution in [0.4, 0.5) is 5.69 Å². The Balaban J connectivity index is 3.02. The van der Waals surface area contributed by atoms with Gasteiger partial charge in [0, 0.05) is 8.95 Å². The van der Waals surface area contributed by atoms with Crippen LogP contribution < -0.4 is 0 Å². The van der Waals surface area contributed by atoms with Gasteiger partial charge in [0.1, 0.15) is 5.69 Å². The summed E-state index contributed by atoms with van der Waals surface area (Å²) in [6.45, 7) is 2.16. The van der Waals surface area contributed by atoms with Crippen molar-refractivity contribution < 1.29 is 4.79 Å². The third-order valence-electron chi connectivity index (χ3n) is 2.05. The number of carbonyl (C=O) groups excluding carboxylic acids is 1. The van der Waals surface area contributed by atoms with Crippen LogP contribution in [-0.2, 0) is 11.2 Å². The van der Waals surface area contributed by atoms with Crippen LogP contribution in [0.5, 0.6) is 0 Å². The van der Waals surface area contributed by atoms with Gasteiger partial charge in [0.15, 0.2) is 0 Å². The number of aliphatic imine (C=N–C) groups is 1. The van der Waals surface area contributed by atoms with E-state index in [1.54, 1.807) is 6.08 Å². The van der Waals surface area contributed by atoms with Gasteiger partial charge in [-0.1, -0.05) is 13.3 Å². The zero-order chi connectivity index (χ0) is 11.3. The summed E-state index contributed by atoms with van der Waals surface area (Å²) in [5.74, 6) is 0. The number of halogens is 2. The lowest BCUT2D eigenvalue weighted by atomic mass is 10.1. The van der Waals surface area contributed by atoms with Gasteiger partial charge in [-0.25, -0.2) is 4.79 Å². The predicted molar refractivity (Wildman–Crippen MR) is 68.2 cm³/mol. The standard InChI is InChI=1S/C11H11Br2NO/c1-2-3-4-8-5-9(12)11(14-7-15)10(13)6-8/h5-6H,2-4H2,1H3. The molecule has 0 radical (unpaired) electrons. The molecule has 0 spiro atoms. The molecule has 0 aliphatic carbocycles. The van der Waals surface area contributed by atoms with Crippen molar-refractivity contribution in [3.63, 3.8) is 0 Å². The normalized spacial score (nSPS) is 9.80. The highest BCUT2D eigenvalue weighted by Crippen LogP contribution is 2.34. The fourth-order valence-corrected chi connectivity index (χ4v) is 2.75. The molecule has 15 heavy (non-hydrogen) atoms. The van der Waals surface area contributed by atoms with E-state index in [4.69, 9.17) is 0 Å². The Bertz CT molecular complexity index is 375. The summed E-state index contributed by atoms with van der Waals surface area (Å²) < 4.78 is 1.65. The van der Waals surface area contributed by atoms with Gasteiger partial charge < -0.3 is 0 Å². The largest absolute Gasteiger partial charge is 0.240 e. The molecule has 0 fully saturated rings. The van der Waals surface area contributed by atoms with Crippen LogP contribution in [0.15, 0.2) is 26.1 Å². The average Bonchev–Trinajstić information content (AvgIpc) is 2.20. The highest BCUT2D eigenvalue weighted by atomic mass is 79.9. The summed E-state index contributed by atoms with van der Waals surface area (Å²) in [4.78, 5) is 13.8. The lowest BCUT2D eigenvalue weighted by molar-refractivity contribution is 0.565. The predicted octanol–water partition coefficient (Wildman–Crippen LogP) is 4.52. The summed E-state index contributed by atoms with van der Waals surface area (Å²) in [5, 5.41) is 0. The molecule has 0 saturated carbocycles. The van der Waals surface area contributed by atoms with Gasteiger partial charge in [-0.15, -0.1) is 0 Å². The molecule has 0 aromatic heterocycles. The number of hydrogen-bond acceptors (Lipinski definition) is 2. The second kappa shape index (κ2) is 6.21. The van der Waals surface area contributed by atoms with Gasteiger partial charge in [0.2, 0.25) is 6.08 Å². The van der Waals surface area contributed by atoms with E-state index in [0.29, 0.717) is 5.69 Å². The highest BCUT2D eigenvalue weighted by molar-refractivity contribution is 9.11. The SMILES string of the molecule is CCCCc1cc(Br)c(N=C=O)c(Br)c1. The van der Waals surface area contributed by atoms with Crippen molar-refractivity contribution in [3.8, 4) is 0 Å². The molecule has 1 aromatic rings. The van der Waals surface area contributed by atoms with Gasteiger partial charge in [0.05, 0.1) is 0 Å². The highest BCUT2D eigenvalue weighted by Gasteiger charge is 2.06. The molecule has 0 N–H and O–H groups in total. The van der Waals surface area contributed by atoms with Crippen molar-refractivity contribution in [2.45, 2.75) is 26.2 Å². The van der Waals surface area contributed by atoms with Gasteiger partial charge in [0.25, 0.3) is 0 Å². The van der Waals surface area contributed by atoms with Crippen LogP contribution in [0.1, 0.15) is 25.3 Å². The number of nitrogens with zero attached hydrogens (tertiary/aromatic N) is 1. The first-order valence-corrected chi connectivity index (χ1v) is 6.33. The van der Waals surface area contributed by atoms with E-state index in [1.165, 1.54) is 12.0 Å². The van der Waals surface area contributed by atoms with Crippen LogP contribution in [0, 0.1) is 0 Å². The summed E-state index contributed by atoms with van der Waals surface area (Å²) in [7, 11) is 0. The van der Waals surface area contributed by atoms with Crippen molar-refractivity contribution in [1.29, 1.82) is 0 Å². The van der Waals surface area contributed by atoms with Gasteiger partial charge in [-0.05, 0) is 62.4 Å². The molecule has 2 nitrogen and oxygen atoms in total. The maximum absolute atomic E-state index is 10.2. The van der Waals surface area contributed by atoms with E-state index in [9.17, 15) is 4.79 Å². The Morgan fingerprint density at radius 3 is 2.40 bits per heavy atom. The zero-order valence-electron chi connectivity index (χ0n) is 8.39. The first kappa shape index (κ1) is 12.6. The van der Waals surface area contributed by atoms with Crippen molar-refractivity contribution >= 4 is 43.6 Å². The summed E-state index contributed by atoms with van der Waals surface area (Å²) in [6, 6.07) is 3.99. The lowest BCUT2D eigenvalue weighted by Gasteiger charge is -2.05. The molecular formula is C11H11Br2NO. The van der Waals surface area contributed by atoms with Crippen LogP contribution in [0.3, 0.4) is 0 Å². The minimum absolute atomic E-state index is 0.602. The minimum atomic E-state index is 0.602. The topological polar surface area (TPSA) is 29.4 Å². The van der Waals surface area contributed by atoms with E-state index in [-0.39, 0.29) is 0 Å². The van der Waals surface area contributed by atoms with Crippen molar-refractivity contribution in [1.82, 2.24) is 0 Å². The number of aryl methyl sites for hydroxylation is 1. The third kappa shape index (κ3) is 3.56. The number of unbranched alkanes of at least 4 members (excludes halogenated alkanes) is 1. The molecule has 0 bridgehead atoms. The molecule has 0 aliphatic rings. The second-order valence-corrected chi connectivity index (χ2v) is 4.92. The van der Waals surface area contributed by atoms with E-state index in [2.05, 4.69) is 43.8 Å². The number of isocyanates is 1. The molecule has 0 amide bonds. The van der Waals surface area contributed by atoms with Crippen LogP contribution >= 0.6 is 31.9 Å². The fraction of sp³-hybridized carbons (Fsp3) is 0.364. The van der Waals surface area contributed by atoms with Crippen LogP contribution in [-0.4, -0.2) is 6.08 Å². The van der Waals surface area contributed by atoms with E-state index < -0.39 is 0 Å². The Morgan fingerprint density at radius 1 is 1.33 bits per heavy atom. The second-order valence-electron chi connectivity index (χ2n) is 3.21. The molecule has 1 rings (SSSR count). The molecule has 0 heterocycles. The third-order valence-corrected chi connectivity index (χ3v) is 3.26. The van der Waals surface area contributed by atoms with Gasteiger partial charge in [-0.3, -0.25) is 0 Å². The Morgan fingerprint density at radius 2 is 1.93 bits per heavy atom. The Kier molecular flexibility index (Phi) is 5.23. The molecule has 0 saturated heterocycles. The molecular weight excluding hydrogens is 322 g/mol. The molecule has 0 unspecified atom stereocenters. The maximum atomic E-state index is 10.2. The van der Waals surface area contributed by atoms with Crippen LogP contribution in [0.2, 0.25) is 0 Å². The fourth-order valence-electron chi connectivity index (χ4n) is 1.30. The van der Waals surface area contributed by atoms with Gasteiger partial charge >= 0.3 is 0 Å². The molecule has 0 aliphatic heterocycles. The molecule has 1 aromatic carbocycles. The number of rotatable bonds is 4. The number of benzene rings is 1. The number of hydrogen-bond donors (Lipinski definition) is 0. The van der Waals surface area contributed by atoms with Gasteiger partial charge in [-0.2, -0.15) is 4.99 Å². The van der Waals surface area contributed by atoms with Crippen molar-refractivity contribution in [2.24, 2.45) is 4.99 Å². The molecule has 0 atom stereocenters. The Hall–Kier alpha value is -0.440. The minimum Gasteiger partial charge on any atom is -0.211 e. The Labute approximate surface area is 106 Å². The lowest BCUT2D eigenvalue weighted by Crippen LogP contribution is -1.85. The maximum Gasteiger partial charge on any atom is 0.240 e. The smallest absolute Gasteiger partial charge is 0.211 e. The molecule has 80 valence electrons. The monoisotopic (exact) mass is 331 g/mol. The van der Waals surface area contributed by atoms with Crippen LogP contribution in [0.25, 0.3) is 0 Å². The van der Waals surface area contributed by atoms with E-state index in [0.717, 1.165) is 21.8 Å². The summed E-state index contributed by atoms with van der Waals surface area (Å²) >= 11 is 6.78. The summed E-state index contributed by atoms with van der Waals surface area (Å²) in [5.41, 5.74) is 1.84. The zero-order valence-corrected chi connectivity index (χ0v) is 11.6. The van der Waals surface area contributed by atoms with Crippen molar-refractivity contribution in [2.75, 3.05) is 0 Å². The van der Waals surface area contributed by atoms with E-state index >= 15 is 0 Å². The first-order chi connectivity index (χ1) is 7.19.